The fourth-order valence-electron chi connectivity index (χ4n) is 1.45. The normalized spacial score (nSPS) is 10.6. The van der Waals surface area contributed by atoms with E-state index >= 15 is 0 Å². The molecule has 0 aliphatic heterocycles. The van der Waals surface area contributed by atoms with E-state index in [4.69, 9.17) is 10.5 Å². The summed E-state index contributed by atoms with van der Waals surface area (Å²) in [6.07, 6.45) is -0.513. The van der Waals surface area contributed by atoms with Gasteiger partial charge in [0.15, 0.2) is 0 Å². The highest BCUT2D eigenvalue weighted by Gasteiger charge is 2.15. The Labute approximate surface area is 124 Å². The van der Waals surface area contributed by atoms with Gasteiger partial charge in [0.05, 0.1) is 0 Å². The van der Waals surface area contributed by atoms with E-state index in [1.807, 2.05) is 0 Å². The van der Waals surface area contributed by atoms with Gasteiger partial charge in [0.25, 0.3) is 0 Å². The molecule has 0 bridgehead atoms. The van der Waals surface area contributed by atoms with Crippen LogP contribution in [0.2, 0.25) is 0 Å². The first-order chi connectivity index (χ1) is 9.76. The molecule has 116 valence electrons. The standard InChI is InChI=1S/C14H22N4O3/c1-14(2,3)21-13(20)17-8-7-16-12(19)18-11-6-4-5-10(15)9-11/h4-6,9H,7-8,15H2,1-3H3,(H,17,20)(H2,16,18,19). The molecule has 0 saturated heterocycles. The molecule has 1 rings (SSSR count). The van der Waals surface area contributed by atoms with Crippen LogP contribution >= 0.6 is 0 Å². The SMILES string of the molecule is CC(C)(C)OC(=O)NCCNC(=O)Nc1cccc(N)c1. The largest absolute Gasteiger partial charge is 0.444 e. The number of nitrogens with two attached hydrogens (primary N) is 1. The van der Waals surface area contributed by atoms with E-state index in [0.29, 0.717) is 11.4 Å². The Bertz CT molecular complexity index is 497. The van der Waals surface area contributed by atoms with Crippen LogP contribution in [-0.4, -0.2) is 30.8 Å². The number of carbonyl (C=O) groups is 2. The first-order valence-corrected chi connectivity index (χ1v) is 6.63. The molecule has 0 unspecified atom stereocenters. The van der Waals surface area contributed by atoms with Crippen molar-refractivity contribution in [1.82, 2.24) is 10.6 Å². The number of nitrogen functional groups attached to an aromatic ring is 1. The zero-order valence-corrected chi connectivity index (χ0v) is 12.5. The molecule has 7 nitrogen and oxygen atoms in total. The molecule has 0 aliphatic carbocycles. The summed E-state index contributed by atoms with van der Waals surface area (Å²) in [4.78, 5) is 22.9. The smallest absolute Gasteiger partial charge is 0.407 e. The third-order valence-electron chi connectivity index (χ3n) is 2.22. The van der Waals surface area contributed by atoms with Gasteiger partial charge in [-0.2, -0.15) is 0 Å². The Morgan fingerprint density at radius 2 is 1.86 bits per heavy atom. The molecule has 0 saturated carbocycles. The van der Waals surface area contributed by atoms with Crippen LogP contribution in [0.25, 0.3) is 0 Å². The molecular weight excluding hydrogens is 272 g/mol. The van der Waals surface area contributed by atoms with Gasteiger partial charge in [0.2, 0.25) is 0 Å². The summed E-state index contributed by atoms with van der Waals surface area (Å²) in [5, 5.41) is 7.79. The molecule has 0 atom stereocenters. The van der Waals surface area contributed by atoms with E-state index in [-0.39, 0.29) is 19.1 Å². The fourth-order valence-corrected chi connectivity index (χ4v) is 1.45. The zero-order valence-electron chi connectivity index (χ0n) is 12.5. The Kier molecular flexibility index (Phi) is 5.83. The second-order valence-corrected chi connectivity index (χ2v) is 5.44. The van der Waals surface area contributed by atoms with Gasteiger partial charge in [0, 0.05) is 24.5 Å². The second-order valence-electron chi connectivity index (χ2n) is 5.44. The topological polar surface area (TPSA) is 105 Å². The van der Waals surface area contributed by atoms with Crippen molar-refractivity contribution >= 4 is 23.5 Å². The molecule has 0 spiro atoms. The predicted molar refractivity (Wildman–Crippen MR) is 82.1 cm³/mol. The number of anilines is 2. The summed E-state index contributed by atoms with van der Waals surface area (Å²) < 4.78 is 5.06. The molecule has 0 fully saturated rings. The molecule has 1 aromatic carbocycles. The Hall–Kier alpha value is -2.44. The average molecular weight is 294 g/mol. The lowest BCUT2D eigenvalue weighted by Gasteiger charge is -2.19. The van der Waals surface area contributed by atoms with Gasteiger partial charge < -0.3 is 26.4 Å². The van der Waals surface area contributed by atoms with Crippen LogP contribution in [-0.2, 0) is 4.74 Å². The first kappa shape index (κ1) is 16.6. The number of hydrogen-bond acceptors (Lipinski definition) is 4. The van der Waals surface area contributed by atoms with Gasteiger partial charge in [-0.15, -0.1) is 0 Å². The number of benzene rings is 1. The number of nitrogens with one attached hydrogen (secondary N) is 3. The average Bonchev–Trinajstić information content (AvgIpc) is 2.32. The molecule has 0 aliphatic rings. The molecule has 0 radical (unpaired) electrons. The van der Waals surface area contributed by atoms with Gasteiger partial charge >= 0.3 is 12.1 Å². The van der Waals surface area contributed by atoms with Gasteiger partial charge in [-0.3, -0.25) is 0 Å². The Morgan fingerprint density at radius 1 is 1.19 bits per heavy atom. The lowest BCUT2D eigenvalue weighted by Crippen LogP contribution is -2.39. The highest BCUT2D eigenvalue weighted by Crippen LogP contribution is 2.11. The number of rotatable bonds is 4. The molecule has 7 heteroatoms. The highest BCUT2D eigenvalue weighted by atomic mass is 16.6. The van der Waals surface area contributed by atoms with Crippen molar-refractivity contribution in [3.63, 3.8) is 0 Å². The van der Waals surface area contributed by atoms with Crippen molar-refractivity contribution in [2.75, 3.05) is 24.1 Å². The van der Waals surface area contributed by atoms with E-state index in [0.717, 1.165) is 0 Å². The third kappa shape index (κ3) is 7.66. The molecule has 21 heavy (non-hydrogen) atoms. The lowest BCUT2D eigenvalue weighted by molar-refractivity contribution is 0.0528. The van der Waals surface area contributed by atoms with Crippen molar-refractivity contribution in [2.45, 2.75) is 26.4 Å². The number of carbonyl (C=O) groups excluding carboxylic acids is 2. The molecule has 1 aromatic rings. The monoisotopic (exact) mass is 294 g/mol. The minimum Gasteiger partial charge on any atom is -0.444 e. The van der Waals surface area contributed by atoms with Crippen molar-refractivity contribution in [2.24, 2.45) is 0 Å². The number of amides is 3. The predicted octanol–water partition coefficient (Wildman–Crippen LogP) is 1.91. The Morgan fingerprint density at radius 3 is 2.48 bits per heavy atom. The van der Waals surface area contributed by atoms with Crippen LogP contribution < -0.4 is 21.7 Å². The minimum atomic E-state index is -0.540. The molecular formula is C14H22N4O3. The number of hydrogen-bond donors (Lipinski definition) is 4. The number of alkyl carbamates (subject to hydrolysis) is 1. The van der Waals surface area contributed by atoms with E-state index in [1.54, 1.807) is 45.0 Å². The quantitative estimate of drug-likeness (QED) is 0.503. The highest BCUT2D eigenvalue weighted by molar-refractivity contribution is 5.89. The summed E-state index contributed by atoms with van der Waals surface area (Å²) >= 11 is 0. The maximum Gasteiger partial charge on any atom is 0.407 e. The summed E-state index contributed by atoms with van der Waals surface area (Å²) in [6.45, 7) is 5.91. The summed E-state index contributed by atoms with van der Waals surface area (Å²) in [5.74, 6) is 0. The maximum atomic E-state index is 11.6. The van der Waals surface area contributed by atoms with Crippen LogP contribution in [0, 0.1) is 0 Å². The third-order valence-corrected chi connectivity index (χ3v) is 2.22. The van der Waals surface area contributed by atoms with Gasteiger partial charge in [-0.05, 0) is 39.0 Å². The van der Waals surface area contributed by atoms with E-state index < -0.39 is 11.7 Å². The van der Waals surface area contributed by atoms with Crippen molar-refractivity contribution in [1.29, 1.82) is 0 Å². The van der Waals surface area contributed by atoms with Gasteiger partial charge in [-0.1, -0.05) is 6.07 Å². The summed E-state index contributed by atoms with van der Waals surface area (Å²) in [5.41, 5.74) is 6.24. The Balaban J connectivity index is 2.21. The van der Waals surface area contributed by atoms with Crippen LogP contribution in [0.15, 0.2) is 24.3 Å². The molecule has 0 heterocycles. The van der Waals surface area contributed by atoms with Crippen LogP contribution in [0.1, 0.15) is 20.8 Å². The molecule has 0 aromatic heterocycles. The van der Waals surface area contributed by atoms with Crippen LogP contribution in [0.3, 0.4) is 0 Å². The lowest BCUT2D eigenvalue weighted by atomic mass is 10.2. The van der Waals surface area contributed by atoms with Crippen molar-refractivity contribution < 1.29 is 14.3 Å². The van der Waals surface area contributed by atoms with Gasteiger partial charge in [-0.25, -0.2) is 9.59 Å². The van der Waals surface area contributed by atoms with E-state index in [9.17, 15) is 9.59 Å². The van der Waals surface area contributed by atoms with E-state index in [1.165, 1.54) is 0 Å². The fraction of sp³-hybridized carbons (Fsp3) is 0.429. The van der Waals surface area contributed by atoms with Crippen LogP contribution in [0.4, 0.5) is 21.0 Å². The van der Waals surface area contributed by atoms with E-state index in [2.05, 4.69) is 16.0 Å². The maximum absolute atomic E-state index is 11.6. The van der Waals surface area contributed by atoms with Crippen molar-refractivity contribution in [3.05, 3.63) is 24.3 Å². The zero-order chi connectivity index (χ0) is 15.9. The number of ether oxygens (including phenoxy) is 1. The van der Waals surface area contributed by atoms with Crippen LogP contribution in [0.5, 0.6) is 0 Å². The summed E-state index contributed by atoms with van der Waals surface area (Å²) in [6, 6.07) is 6.49. The molecule has 5 N–H and O–H groups in total. The molecule has 3 amide bonds. The number of urea groups is 1. The second kappa shape index (κ2) is 7.37. The van der Waals surface area contributed by atoms with Gasteiger partial charge in [0.1, 0.15) is 5.60 Å². The minimum absolute atomic E-state index is 0.277. The van der Waals surface area contributed by atoms with Crippen molar-refractivity contribution in [3.8, 4) is 0 Å². The first-order valence-electron chi connectivity index (χ1n) is 6.63. The summed E-state index contributed by atoms with van der Waals surface area (Å²) in [7, 11) is 0.